The van der Waals surface area contributed by atoms with E-state index in [1.54, 1.807) is 19.9 Å². The molecule has 5 nitrogen and oxygen atoms in total. The number of ether oxygens (including phenoxy) is 1. The van der Waals surface area contributed by atoms with E-state index in [1.807, 2.05) is 0 Å². The van der Waals surface area contributed by atoms with Crippen LogP contribution in [0.25, 0.3) is 11.2 Å². The predicted octanol–water partition coefficient (Wildman–Crippen LogP) is 3.00. The van der Waals surface area contributed by atoms with Gasteiger partial charge in [0.2, 0.25) is 11.2 Å². The molecular formula is C12H13ClO5. The fourth-order valence-corrected chi connectivity index (χ4v) is 1.78. The van der Waals surface area contributed by atoms with Crippen LogP contribution in [-0.2, 0) is 4.74 Å². The Morgan fingerprint density at radius 1 is 1.44 bits per heavy atom. The van der Waals surface area contributed by atoms with Crippen LogP contribution in [0, 0.1) is 0 Å². The van der Waals surface area contributed by atoms with Crippen molar-refractivity contribution in [3.05, 3.63) is 22.7 Å². The molecule has 2 aromatic rings. The van der Waals surface area contributed by atoms with E-state index in [4.69, 9.17) is 26.0 Å². The summed E-state index contributed by atoms with van der Waals surface area (Å²) in [5.74, 6) is -0.559. The number of hydrogen-bond donors (Lipinski definition) is 1. The Labute approximate surface area is 108 Å². The van der Waals surface area contributed by atoms with Gasteiger partial charge in [-0.05, 0) is 26.0 Å². The maximum atomic E-state index is 12.0. The highest BCUT2D eigenvalue weighted by molar-refractivity contribution is 6.37. The summed E-state index contributed by atoms with van der Waals surface area (Å²) in [6.07, 6.45) is 0.348. The molecule has 1 N–H and O–H groups in total. The maximum Gasteiger partial charge on any atom is 0.340 e. The van der Waals surface area contributed by atoms with Crippen LogP contribution in [-0.4, -0.2) is 23.3 Å². The number of hydrogen-bond acceptors (Lipinski definition) is 5. The van der Waals surface area contributed by atoms with Crippen molar-refractivity contribution in [1.29, 1.82) is 0 Å². The Morgan fingerprint density at radius 2 is 2.17 bits per heavy atom. The van der Waals surface area contributed by atoms with Crippen LogP contribution in [0.5, 0.6) is 0 Å². The molecule has 0 atom stereocenters. The highest BCUT2D eigenvalue weighted by atomic mass is 35.5. The third-order valence-electron chi connectivity index (χ3n) is 2.58. The summed E-state index contributed by atoms with van der Waals surface area (Å²) in [5, 5.41) is 9.05. The summed E-state index contributed by atoms with van der Waals surface area (Å²) < 4.78 is 14.6. The van der Waals surface area contributed by atoms with Gasteiger partial charge in [0.25, 0.3) is 0 Å². The minimum absolute atomic E-state index is 0.0604. The Balaban J connectivity index is 2.21. The minimum atomic E-state index is -0.754. The topological polar surface area (TPSA) is 72.8 Å². The van der Waals surface area contributed by atoms with Gasteiger partial charge in [-0.2, -0.15) is 0 Å². The summed E-state index contributed by atoms with van der Waals surface area (Å²) in [7, 11) is 0. The predicted molar refractivity (Wildman–Crippen MR) is 64.7 cm³/mol. The van der Waals surface area contributed by atoms with Crippen LogP contribution in [0.15, 0.2) is 21.3 Å². The van der Waals surface area contributed by atoms with Gasteiger partial charge in [-0.1, -0.05) is 11.6 Å². The van der Waals surface area contributed by atoms with Gasteiger partial charge in [-0.15, -0.1) is 0 Å². The number of carbonyl (C=O) groups is 1. The quantitative estimate of drug-likeness (QED) is 0.684. The van der Waals surface area contributed by atoms with Crippen molar-refractivity contribution in [2.45, 2.75) is 25.9 Å². The van der Waals surface area contributed by atoms with E-state index in [9.17, 15) is 4.79 Å². The van der Waals surface area contributed by atoms with Gasteiger partial charge in [0.15, 0.2) is 0 Å². The second-order valence-electron chi connectivity index (χ2n) is 4.54. The zero-order valence-electron chi connectivity index (χ0n) is 10.0. The zero-order valence-corrected chi connectivity index (χ0v) is 10.8. The number of halogens is 1. The number of rotatable bonds is 4. The molecule has 0 aliphatic rings. The third-order valence-corrected chi connectivity index (χ3v) is 2.95. The van der Waals surface area contributed by atoms with E-state index >= 15 is 0 Å². The molecule has 1 aromatic heterocycles. The second kappa shape index (κ2) is 4.66. The average Bonchev–Trinajstić information content (AvgIpc) is 2.19. The molecule has 0 amide bonds. The van der Waals surface area contributed by atoms with Crippen molar-refractivity contribution in [1.82, 2.24) is 0 Å². The molecule has 0 fully saturated rings. The summed E-state index contributed by atoms with van der Waals surface area (Å²) >= 11 is 6.00. The SMILES string of the molecule is CC(C)(CCO)OC(=O)c1ccc2ooc2c1Cl. The minimum Gasteiger partial charge on any atom is -0.456 e. The lowest BCUT2D eigenvalue weighted by Gasteiger charge is -2.24. The van der Waals surface area contributed by atoms with E-state index in [0.29, 0.717) is 17.6 Å². The van der Waals surface area contributed by atoms with Gasteiger partial charge >= 0.3 is 5.97 Å². The number of esters is 1. The van der Waals surface area contributed by atoms with Crippen LogP contribution in [0.1, 0.15) is 30.6 Å². The normalized spacial score (nSPS) is 12.0. The van der Waals surface area contributed by atoms with E-state index in [0.717, 1.165) is 0 Å². The molecule has 0 aliphatic heterocycles. The van der Waals surface area contributed by atoms with Crippen LogP contribution in [0.4, 0.5) is 0 Å². The molecule has 0 aliphatic carbocycles. The highest BCUT2D eigenvalue weighted by Gasteiger charge is 2.26. The van der Waals surface area contributed by atoms with E-state index in [2.05, 4.69) is 4.58 Å². The number of aliphatic hydroxyl groups is 1. The first-order valence-corrected chi connectivity index (χ1v) is 5.83. The van der Waals surface area contributed by atoms with Crippen LogP contribution < -0.4 is 0 Å². The Kier molecular flexibility index (Phi) is 3.36. The molecular weight excluding hydrogens is 260 g/mol. The molecule has 2 rings (SSSR count). The van der Waals surface area contributed by atoms with Crippen molar-refractivity contribution in [3.8, 4) is 0 Å². The number of aliphatic hydroxyl groups excluding tert-OH is 1. The first kappa shape index (κ1) is 13.0. The largest absolute Gasteiger partial charge is 0.456 e. The van der Waals surface area contributed by atoms with E-state index in [1.165, 1.54) is 6.07 Å². The fourth-order valence-electron chi connectivity index (χ4n) is 1.52. The third kappa shape index (κ3) is 2.37. The molecule has 0 radical (unpaired) electrons. The van der Waals surface area contributed by atoms with Gasteiger partial charge in [0.1, 0.15) is 10.6 Å². The summed E-state index contributed by atoms with van der Waals surface area (Å²) in [5.41, 5.74) is 0.289. The lowest BCUT2D eigenvalue weighted by molar-refractivity contribution is -0.0107. The smallest absolute Gasteiger partial charge is 0.340 e. The van der Waals surface area contributed by atoms with Gasteiger partial charge in [-0.3, -0.25) is 9.15 Å². The lowest BCUT2D eigenvalue weighted by Crippen LogP contribution is -2.29. The molecule has 0 unspecified atom stereocenters. The molecule has 0 bridgehead atoms. The first-order chi connectivity index (χ1) is 8.44. The van der Waals surface area contributed by atoms with Crippen LogP contribution >= 0.6 is 11.6 Å². The number of carbonyl (C=O) groups excluding carboxylic acids is 1. The zero-order chi connectivity index (χ0) is 13.3. The average molecular weight is 273 g/mol. The van der Waals surface area contributed by atoms with Gasteiger partial charge in [0.05, 0.1) is 5.56 Å². The molecule has 0 spiro atoms. The summed E-state index contributed by atoms with van der Waals surface area (Å²) in [6.45, 7) is 3.38. The number of benzene rings is 1. The summed E-state index contributed by atoms with van der Waals surface area (Å²) in [4.78, 5) is 12.0. The van der Waals surface area contributed by atoms with Crippen molar-refractivity contribution in [2.24, 2.45) is 0 Å². The second-order valence-corrected chi connectivity index (χ2v) is 4.92. The standard InChI is InChI=1S/C12H13ClO5/c1-12(2,5-6-14)16-11(15)7-3-4-8-10(9(7)13)18-17-8/h3-4,14H,5-6H2,1-2H3. The first-order valence-electron chi connectivity index (χ1n) is 5.46. The molecule has 0 saturated carbocycles. The highest BCUT2D eigenvalue weighted by Crippen LogP contribution is 2.31. The molecule has 1 aromatic carbocycles. The van der Waals surface area contributed by atoms with E-state index in [-0.39, 0.29) is 17.2 Å². The lowest BCUT2D eigenvalue weighted by atomic mass is 10.1. The molecule has 6 heteroatoms. The van der Waals surface area contributed by atoms with Crippen LogP contribution in [0.3, 0.4) is 0 Å². The Morgan fingerprint density at radius 3 is 2.72 bits per heavy atom. The van der Waals surface area contributed by atoms with Gasteiger partial charge in [0, 0.05) is 13.0 Å². The van der Waals surface area contributed by atoms with Crippen molar-refractivity contribution in [2.75, 3.05) is 6.61 Å². The van der Waals surface area contributed by atoms with E-state index < -0.39 is 11.6 Å². The Bertz CT molecular complexity index is 566. The molecule has 1 heterocycles. The van der Waals surface area contributed by atoms with Gasteiger partial charge in [-0.25, -0.2) is 4.79 Å². The Hall–Kier alpha value is -1.46. The van der Waals surface area contributed by atoms with Gasteiger partial charge < -0.3 is 9.84 Å². The van der Waals surface area contributed by atoms with Crippen LogP contribution in [0.2, 0.25) is 5.02 Å². The van der Waals surface area contributed by atoms with Crippen molar-refractivity contribution >= 4 is 28.7 Å². The summed E-state index contributed by atoms with van der Waals surface area (Å²) in [6, 6.07) is 3.10. The molecule has 0 saturated heterocycles. The van der Waals surface area contributed by atoms with Crippen molar-refractivity contribution < 1.29 is 23.8 Å². The number of fused-ring (bicyclic) bond motifs is 1. The molecule has 18 heavy (non-hydrogen) atoms. The molecule has 98 valence electrons. The maximum absolute atomic E-state index is 12.0. The monoisotopic (exact) mass is 272 g/mol. The fraction of sp³-hybridized carbons (Fsp3) is 0.417. The van der Waals surface area contributed by atoms with Crippen molar-refractivity contribution in [3.63, 3.8) is 0 Å².